The zero-order chi connectivity index (χ0) is 10.2. The van der Waals surface area contributed by atoms with E-state index in [1.165, 1.54) is 0 Å². The molecule has 1 heterocycles. The third kappa shape index (κ3) is 2.16. The molecule has 0 radical (unpaired) electrons. The highest BCUT2D eigenvalue weighted by molar-refractivity contribution is 7.79. The summed E-state index contributed by atoms with van der Waals surface area (Å²) in [5, 5.41) is 4.17. The Hall–Kier alpha value is -0.680. The summed E-state index contributed by atoms with van der Waals surface area (Å²) in [6.07, 6.45) is 1.58. The minimum absolute atomic E-state index is 0.199. The van der Waals surface area contributed by atoms with Crippen LogP contribution in [-0.2, 0) is 23.5 Å². The van der Waals surface area contributed by atoms with Gasteiger partial charge < -0.3 is 4.55 Å². The van der Waals surface area contributed by atoms with Gasteiger partial charge in [-0.25, -0.2) is 4.21 Å². The first-order chi connectivity index (χ1) is 5.82. The van der Waals surface area contributed by atoms with Crippen LogP contribution in [0, 0.1) is 0 Å². The highest BCUT2D eigenvalue weighted by atomic mass is 32.2. The summed E-state index contributed by atoms with van der Waals surface area (Å²) in [6.45, 7) is 5.89. The van der Waals surface area contributed by atoms with Gasteiger partial charge in [-0.3, -0.25) is 4.68 Å². The third-order valence-electron chi connectivity index (χ3n) is 1.69. The van der Waals surface area contributed by atoms with Crippen LogP contribution in [0.25, 0.3) is 0 Å². The molecular formula is C8H14N2O2S. The van der Waals surface area contributed by atoms with Gasteiger partial charge in [-0.05, 0) is 0 Å². The van der Waals surface area contributed by atoms with Gasteiger partial charge in [-0.2, -0.15) is 5.10 Å². The molecule has 0 saturated carbocycles. The first kappa shape index (κ1) is 10.4. The van der Waals surface area contributed by atoms with E-state index in [2.05, 4.69) is 5.10 Å². The van der Waals surface area contributed by atoms with Gasteiger partial charge in [0.1, 0.15) is 4.90 Å². The Kier molecular flexibility index (Phi) is 2.58. The normalized spacial score (nSPS) is 14.5. The Balaban J connectivity index is 3.28. The van der Waals surface area contributed by atoms with Gasteiger partial charge >= 0.3 is 0 Å². The molecule has 0 amide bonds. The van der Waals surface area contributed by atoms with E-state index in [-0.39, 0.29) is 5.41 Å². The fourth-order valence-electron chi connectivity index (χ4n) is 1.11. The van der Waals surface area contributed by atoms with Crippen molar-refractivity contribution in [2.24, 2.45) is 7.05 Å². The molecule has 1 rings (SSSR count). The Morgan fingerprint density at radius 3 is 2.38 bits per heavy atom. The Bertz CT molecular complexity index is 338. The van der Waals surface area contributed by atoms with Crippen molar-refractivity contribution in [3.05, 3.63) is 11.9 Å². The maximum Gasteiger partial charge on any atom is 0.190 e. The molecule has 5 heteroatoms. The van der Waals surface area contributed by atoms with Crippen molar-refractivity contribution < 1.29 is 8.76 Å². The summed E-state index contributed by atoms with van der Waals surface area (Å²) >= 11 is -1.95. The zero-order valence-electron chi connectivity index (χ0n) is 8.24. The molecule has 0 fully saturated rings. The Morgan fingerprint density at radius 1 is 1.54 bits per heavy atom. The highest BCUT2D eigenvalue weighted by Crippen LogP contribution is 2.25. The molecule has 1 atom stereocenters. The van der Waals surface area contributed by atoms with Crippen LogP contribution >= 0.6 is 0 Å². The molecule has 1 aromatic heterocycles. The molecule has 13 heavy (non-hydrogen) atoms. The Labute approximate surface area is 80.2 Å². The number of hydrogen-bond donors (Lipinski definition) is 1. The van der Waals surface area contributed by atoms with E-state index >= 15 is 0 Å². The quantitative estimate of drug-likeness (QED) is 0.698. The number of aryl methyl sites for hydroxylation is 1. The first-order valence-corrected chi connectivity index (χ1v) is 5.08. The van der Waals surface area contributed by atoms with Gasteiger partial charge in [0.05, 0.1) is 5.69 Å². The van der Waals surface area contributed by atoms with Gasteiger partial charge in [0.25, 0.3) is 0 Å². The molecular weight excluding hydrogens is 188 g/mol. The highest BCUT2D eigenvalue weighted by Gasteiger charge is 2.24. The first-order valence-electron chi connectivity index (χ1n) is 3.97. The third-order valence-corrected chi connectivity index (χ3v) is 2.37. The van der Waals surface area contributed by atoms with Crippen LogP contribution in [-0.4, -0.2) is 18.5 Å². The van der Waals surface area contributed by atoms with Gasteiger partial charge in [0, 0.05) is 18.7 Å². The van der Waals surface area contributed by atoms with Gasteiger partial charge in [-0.15, -0.1) is 0 Å². The number of rotatable bonds is 1. The Morgan fingerprint density at radius 2 is 2.08 bits per heavy atom. The predicted molar refractivity (Wildman–Crippen MR) is 50.9 cm³/mol. The van der Waals surface area contributed by atoms with Crippen LogP contribution < -0.4 is 0 Å². The maximum absolute atomic E-state index is 10.9. The number of aromatic nitrogens is 2. The lowest BCUT2D eigenvalue weighted by Gasteiger charge is -2.15. The minimum Gasteiger partial charge on any atom is -0.302 e. The summed E-state index contributed by atoms with van der Waals surface area (Å²) in [6, 6.07) is 0. The van der Waals surface area contributed by atoms with Crippen molar-refractivity contribution in [2.45, 2.75) is 31.1 Å². The smallest absolute Gasteiger partial charge is 0.190 e. The average molecular weight is 202 g/mol. The van der Waals surface area contributed by atoms with Crippen molar-refractivity contribution >= 4 is 11.1 Å². The van der Waals surface area contributed by atoms with Crippen LogP contribution in [0.5, 0.6) is 0 Å². The van der Waals surface area contributed by atoms with Crippen LogP contribution in [0.3, 0.4) is 0 Å². The van der Waals surface area contributed by atoms with E-state index in [9.17, 15) is 4.21 Å². The average Bonchev–Trinajstić information content (AvgIpc) is 2.29. The summed E-state index contributed by atoms with van der Waals surface area (Å²) in [4.78, 5) is 0.398. The topological polar surface area (TPSA) is 55.1 Å². The fourth-order valence-corrected chi connectivity index (χ4v) is 1.87. The lowest BCUT2D eigenvalue weighted by atomic mass is 9.92. The van der Waals surface area contributed by atoms with Crippen molar-refractivity contribution in [3.63, 3.8) is 0 Å². The van der Waals surface area contributed by atoms with Crippen LogP contribution in [0.1, 0.15) is 26.5 Å². The van der Waals surface area contributed by atoms with E-state index in [1.807, 2.05) is 20.8 Å². The summed E-state index contributed by atoms with van der Waals surface area (Å²) < 4.78 is 21.5. The minimum atomic E-state index is -1.95. The molecule has 0 aromatic carbocycles. The molecule has 1 N–H and O–H groups in total. The summed E-state index contributed by atoms with van der Waals surface area (Å²) in [7, 11) is 1.74. The summed E-state index contributed by atoms with van der Waals surface area (Å²) in [5.41, 5.74) is 0.477. The van der Waals surface area contributed by atoms with E-state index in [0.29, 0.717) is 10.6 Å². The van der Waals surface area contributed by atoms with Crippen molar-refractivity contribution in [2.75, 3.05) is 0 Å². The molecule has 0 aliphatic carbocycles. The van der Waals surface area contributed by atoms with E-state index in [1.54, 1.807) is 17.9 Å². The lowest BCUT2D eigenvalue weighted by Crippen LogP contribution is -2.15. The standard InChI is InChI=1S/C8H14N2O2S/c1-8(2,3)7-6(13(11)12)5-10(4)9-7/h5H,1-4H3,(H,11,12). The van der Waals surface area contributed by atoms with E-state index in [4.69, 9.17) is 4.55 Å². The van der Waals surface area contributed by atoms with Gasteiger partial charge in [0.2, 0.25) is 0 Å². The van der Waals surface area contributed by atoms with Crippen LogP contribution in [0.15, 0.2) is 11.1 Å². The molecule has 0 bridgehead atoms. The molecule has 1 aromatic rings. The second-order valence-corrected chi connectivity index (χ2v) is 4.95. The number of hydrogen-bond acceptors (Lipinski definition) is 2. The van der Waals surface area contributed by atoms with Crippen molar-refractivity contribution in [1.29, 1.82) is 0 Å². The van der Waals surface area contributed by atoms with Gasteiger partial charge in [0.15, 0.2) is 11.1 Å². The van der Waals surface area contributed by atoms with Crippen LogP contribution in [0.2, 0.25) is 0 Å². The monoisotopic (exact) mass is 202 g/mol. The summed E-state index contributed by atoms with van der Waals surface area (Å²) in [5.74, 6) is 0. The van der Waals surface area contributed by atoms with E-state index < -0.39 is 11.1 Å². The molecule has 0 aliphatic rings. The fraction of sp³-hybridized carbons (Fsp3) is 0.625. The SMILES string of the molecule is Cn1cc(S(=O)O)c(C(C)(C)C)n1. The molecule has 74 valence electrons. The predicted octanol–water partition coefficient (Wildman–Crippen LogP) is 1.30. The van der Waals surface area contributed by atoms with E-state index in [0.717, 1.165) is 0 Å². The molecule has 0 saturated heterocycles. The molecule has 4 nitrogen and oxygen atoms in total. The van der Waals surface area contributed by atoms with Gasteiger partial charge in [-0.1, -0.05) is 20.8 Å². The zero-order valence-corrected chi connectivity index (χ0v) is 9.05. The molecule has 0 aliphatic heterocycles. The van der Waals surface area contributed by atoms with Crippen LogP contribution in [0.4, 0.5) is 0 Å². The maximum atomic E-state index is 10.9. The lowest BCUT2D eigenvalue weighted by molar-refractivity contribution is 0.531. The second kappa shape index (κ2) is 3.23. The molecule has 0 spiro atoms. The molecule has 1 unspecified atom stereocenters. The number of nitrogens with zero attached hydrogens (tertiary/aromatic N) is 2. The van der Waals surface area contributed by atoms with Crippen molar-refractivity contribution in [3.8, 4) is 0 Å². The largest absolute Gasteiger partial charge is 0.302 e. The van der Waals surface area contributed by atoms with Crippen molar-refractivity contribution in [1.82, 2.24) is 9.78 Å². The second-order valence-electron chi connectivity index (χ2n) is 4.01.